The molecule has 1 fully saturated rings. The summed E-state index contributed by atoms with van der Waals surface area (Å²) >= 11 is 0. The van der Waals surface area contributed by atoms with Gasteiger partial charge in [-0.05, 0) is 18.2 Å². The molecule has 2 aromatic carbocycles. The fourth-order valence-corrected chi connectivity index (χ4v) is 3.18. The van der Waals surface area contributed by atoms with Crippen LogP contribution in [0.4, 0.5) is 5.69 Å². The Bertz CT molecular complexity index is 839. The van der Waals surface area contributed by atoms with Crippen molar-refractivity contribution < 1.29 is 14.3 Å². The molecule has 0 atom stereocenters. The molecule has 0 aromatic heterocycles. The number of hydrogen-bond acceptors (Lipinski definition) is 4. The average Bonchev–Trinajstić information content (AvgIpc) is 2.67. The van der Waals surface area contributed by atoms with E-state index in [-0.39, 0.29) is 11.8 Å². The summed E-state index contributed by atoms with van der Waals surface area (Å²) in [5.41, 5.74) is 2.36. The summed E-state index contributed by atoms with van der Waals surface area (Å²) in [6, 6.07) is 16.3. The van der Waals surface area contributed by atoms with Crippen LogP contribution in [0.2, 0.25) is 0 Å². The number of carbonyl (C=O) groups excluding carboxylic acids is 2. The van der Waals surface area contributed by atoms with Crippen LogP contribution in [0.25, 0.3) is 5.57 Å². The Morgan fingerprint density at radius 1 is 0.800 bits per heavy atom. The summed E-state index contributed by atoms with van der Waals surface area (Å²) in [5.74, 6) is -0.577. The van der Waals surface area contributed by atoms with Gasteiger partial charge in [-0.15, -0.1) is 0 Å². The third-order valence-electron chi connectivity index (χ3n) is 4.46. The molecule has 2 amide bonds. The van der Waals surface area contributed by atoms with Crippen LogP contribution in [-0.2, 0) is 9.53 Å². The van der Waals surface area contributed by atoms with Crippen LogP contribution in [0.15, 0.2) is 60.8 Å². The fourth-order valence-electron chi connectivity index (χ4n) is 3.18. The van der Waals surface area contributed by atoms with Crippen molar-refractivity contribution in [2.45, 2.75) is 0 Å². The van der Waals surface area contributed by atoms with Crippen LogP contribution < -0.4 is 4.90 Å². The van der Waals surface area contributed by atoms with E-state index in [2.05, 4.69) is 4.90 Å². The van der Waals surface area contributed by atoms with E-state index in [1.165, 1.54) is 4.90 Å². The number of benzene rings is 2. The molecular weight excluding hydrogens is 316 g/mol. The normalized spacial score (nSPS) is 19.3. The Morgan fingerprint density at radius 2 is 1.44 bits per heavy atom. The number of anilines is 1. The van der Waals surface area contributed by atoms with Crippen LogP contribution in [0.1, 0.15) is 15.9 Å². The minimum atomic E-state index is -0.290. The maximum absolute atomic E-state index is 13.2. The number of amides is 2. The van der Waals surface area contributed by atoms with Gasteiger partial charge in [0.25, 0.3) is 11.8 Å². The molecule has 0 bridgehead atoms. The summed E-state index contributed by atoms with van der Waals surface area (Å²) in [6.07, 6.45) is 1.87. The molecule has 0 radical (unpaired) electrons. The van der Waals surface area contributed by atoms with Gasteiger partial charge >= 0.3 is 0 Å². The van der Waals surface area contributed by atoms with Crippen LogP contribution in [-0.4, -0.2) is 43.0 Å². The molecule has 2 aliphatic heterocycles. The van der Waals surface area contributed by atoms with Gasteiger partial charge in [0.05, 0.1) is 24.5 Å². The maximum atomic E-state index is 13.2. The first-order chi connectivity index (χ1) is 12.3. The van der Waals surface area contributed by atoms with Gasteiger partial charge in [-0.2, -0.15) is 0 Å². The Morgan fingerprint density at radius 3 is 2.16 bits per heavy atom. The zero-order valence-corrected chi connectivity index (χ0v) is 13.7. The molecule has 0 spiro atoms. The van der Waals surface area contributed by atoms with Crippen LogP contribution >= 0.6 is 0 Å². The van der Waals surface area contributed by atoms with E-state index < -0.39 is 0 Å². The molecule has 2 aromatic rings. The van der Waals surface area contributed by atoms with Crippen LogP contribution in [0.5, 0.6) is 0 Å². The zero-order valence-electron chi connectivity index (χ0n) is 13.7. The van der Waals surface area contributed by atoms with E-state index in [9.17, 15) is 9.59 Å². The van der Waals surface area contributed by atoms with Crippen molar-refractivity contribution in [2.24, 2.45) is 0 Å². The quantitative estimate of drug-likeness (QED) is 0.626. The number of imide groups is 1. The highest BCUT2D eigenvalue weighted by Gasteiger charge is 2.36. The number of ether oxygens (including phenoxy) is 1. The number of rotatable bonds is 2. The van der Waals surface area contributed by atoms with Gasteiger partial charge in [-0.25, -0.2) is 4.90 Å². The SMILES string of the molecule is O=C1C(=CN2CCOCC2)c2ccccc2C(=O)N1c1ccccc1. The maximum Gasteiger partial charge on any atom is 0.267 e. The van der Waals surface area contributed by atoms with E-state index >= 15 is 0 Å². The van der Waals surface area contributed by atoms with Gasteiger partial charge in [0.15, 0.2) is 0 Å². The third kappa shape index (κ3) is 2.83. The highest BCUT2D eigenvalue weighted by molar-refractivity contribution is 6.40. The van der Waals surface area contributed by atoms with Gasteiger partial charge in [0.1, 0.15) is 0 Å². The van der Waals surface area contributed by atoms with E-state index in [1.54, 1.807) is 18.2 Å². The summed E-state index contributed by atoms with van der Waals surface area (Å²) in [6.45, 7) is 2.75. The van der Waals surface area contributed by atoms with Crippen LogP contribution in [0.3, 0.4) is 0 Å². The summed E-state index contributed by atoms with van der Waals surface area (Å²) in [4.78, 5) is 29.4. The second-order valence-electron chi connectivity index (χ2n) is 6.02. The molecule has 0 unspecified atom stereocenters. The molecule has 1 saturated heterocycles. The van der Waals surface area contributed by atoms with E-state index in [0.717, 1.165) is 13.1 Å². The lowest BCUT2D eigenvalue weighted by Crippen LogP contribution is -2.43. The summed E-state index contributed by atoms with van der Waals surface area (Å²) in [5, 5.41) is 0. The smallest absolute Gasteiger partial charge is 0.267 e. The third-order valence-corrected chi connectivity index (χ3v) is 4.46. The zero-order chi connectivity index (χ0) is 17.2. The lowest BCUT2D eigenvalue weighted by molar-refractivity contribution is -0.112. The molecule has 0 saturated carbocycles. The summed E-state index contributed by atoms with van der Waals surface area (Å²) in [7, 11) is 0. The first kappa shape index (κ1) is 15.6. The standard InChI is InChI=1S/C20H18N2O3/c23-19-17-9-5-4-8-16(17)18(14-21-10-12-25-13-11-21)20(24)22(19)15-6-2-1-3-7-15/h1-9,14H,10-13H2. The molecule has 4 rings (SSSR count). The number of carbonyl (C=O) groups is 2. The monoisotopic (exact) mass is 334 g/mol. The minimum Gasteiger partial charge on any atom is -0.378 e. The second-order valence-corrected chi connectivity index (χ2v) is 6.02. The van der Waals surface area contributed by atoms with Crippen molar-refractivity contribution in [1.29, 1.82) is 0 Å². The predicted octanol–water partition coefficient (Wildman–Crippen LogP) is 2.55. The fraction of sp³-hybridized carbons (Fsp3) is 0.200. The Balaban J connectivity index is 1.82. The first-order valence-corrected chi connectivity index (χ1v) is 8.32. The van der Waals surface area contributed by atoms with Crippen molar-refractivity contribution in [3.63, 3.8) is 0 Å². The van der Waals surface area contributed by atoms with Crippen molar-refractivity contribution in [1.82, 2.24) is 4.90 Å². The Labute approximate surface area is 146 Å². The Kier molecular flexibility index (Phi) is 4.07. The lowest BCUT2D eigenvalue weighted by atomic mass is 9.93. The molecule has 0 N–H and O–H groups in total. The summed E-state index contributed by atoms with van der Waals surface area (Å²) < 4.78 is 5.37. The molecule has 0 aliphatic carbocycles. The van der Waals surface area contributed by atoms with Crippen molar-refractivity contribution in [2.75, 3.05) is 31.2 Å². The van der Waals surface area contributed by atoms with Crippen molar-refractivity contribution >= 4 is 23.1 Å². The predicted molar refractivity (Wildman–Crippen MR) is 95.1 cm³/mol. The lowest BCUT2D eigenvalue weighted by Gasteiger charge is -2.31. The van der Waals surface area contributed by atoms with E-state index in [4.69, 9.17) is 4.74 Å². The molecule has 2 heterocycles. The number of morpholine rings is 1. The highest BCUT2D eigenvalue weighted by atomic mass is 16.5. The van der Waals surface area contributed by atoms with E-state index in [1.807, 2.05) is 42.6 Å². The molecule has 126 valence electrons. The second kappa shape index (κ2) is 6.53. The molecule has 25 heavy (non-hydrogen) atoms. The van der Waals surface area contributed by atoms with Crippen molar-refractivity contribution in [3.8, 4) is 0 Å². The number of nitrogens with zero attached hydrogens (tertiary/aromatic N) is 2. The van der Waals surface area contributed by atoms with Crippen molar-refractivity contribution in [3.05, 3.63) is 71.9 Å². The molecular formula is C20H18N2O3. The Hall–Kier alpha value is -2.92. The number of fused-ring (bicyclic) bond motifs is 1. The van der Waals surface area contributed by atoms with Gasteiger partial charge in [0, 0.05) is 30.4 Å². The molecule has 5 nitrogen and oxygen atoms in total. The van der Waals surface area contributed by atoms with Crippen LogP contribution in [0, 0.1) is 0 Å². The number of hydrogen-bond donors (Lipinski definition) is 0. The largest absolute Gasteiger partial charge is 0.378 e. The average molecular weight is 334 g/mol. The van der Waals surface area contributed by atoms with Gasteiger partial charge < -0.3 is 9.64 Å². The highest BCUT2D eigenvalue weighted by Crippen LogP contribution is 2.32. The van der Waals surface area contributed by atoms with Gasteiger partial charge in [0.2, 0.25) is 0 Å². The van der Waals surface area contributed by atoms with E-state index in [0.29, 0.717) is 35.6 Å². The van der Waals surface area contributed by atoms with Gasteiger partial charge in [-0.1, -0.05) is 36.4 Å². The topological polar surface area (TPSA) is 49.9 Å². The van der Waals surface area contributed by atoms with Gasteiger partial charge in [-0.3, -0.25) is 9.59 Å². The number of para-hydroxylation sites is 1. The minimum absolute atomic E-state index is 0.286. The molecule has 2 aliphatic rings. The molecule has 5 heteroatoms. The first-order valence-electron chi connectivity index (χ1n) is 8.32.